The van der Waals surface area contributed by atoms with Crippen molar-refractivity contribution in [2.45, 2.75) is 33.1 Å². The number of hydrogen-bond donors (Lipinski definition) is 1. The molecule has 0 radical (unpaired) electrons. The Bertz CT molecular complexity index is 548. The minimum atomic E-state index is -0.155. The molecule has 0 saturated carbocycles. The molecule has 1 aliphatic rings. The number of likely N-dealkylation sites (tertiary alicyclic amines) is 1. The average molecular weight is 302 g/mol. The van der Waals surface area contributed by atoms with E-state index in [0.717, 1.165) is 12.0 Å². The predicted octanol–water partition coefficient (Wildman–Crippen LogP) is 2.19. The molecule has 4 heteroatoms. The second kappa shape index (κ2) is 6.95. The van der Waals surface area contributed by atoms with Crippen molar-refractivity contribution in [3.05, 3.63) is 35.4 Å². The zero-order valence-corrected chi connectivity index (χ0v) is 13.9. The lowest BCUT2D eigenvalue weighted by atomic mass is 9.92. The zero-order chi connectivity index (χ0) is 16.3. The molecule has 1 atom stereocenters. The van der Waals surface area contributed by atoms with Crippen molar-refractivity contribution in [1.29, 1.82) is 0 Å². The summed E-state index contributed by atoms with van der Waals surface area (Å²) >= 11 is 0. The number of carbonyl (C=O) groups is 2. The fraction of sp³-hybridized carbons (Fsp3) is 0.556. The summed E-state index contributed by atoms with van der Waals surface area (Å²) in [5.74, 6) is 0.536. The summed E-state index contributed by atoms with van der Waals surface area (Å²) in [4.78, 5) is 25.8. The molecule has 1 unspecified atom stereocenters. The average Bonchev–Trinajstić information content (AvgIpc) is 2.44. The van der Waals surface area contributed by atoms with E-state index in [1.807, 2.05) is 19.1 Å². The Hall–Kier alpha value is -1.84. The van der Waals surface area contributed by atoms with Gasteiger partial charge >= 0.3 is 0 Å². The van der Waals surface area contributed by atoms with Gasteiger partial charge in [-0.25, -0.2) is 0 Å². The maximum absolute atomic E-state index is 12.5. The Morgan fingerprint density at radius 2 is 1.95 bits per heavy atom. The van der Waals surface area contributed by atoms with Gasteiger partial charge in [0.05, 0.1) is 11.8 Å². The number of hydrogen-bond acceptors (Lipinski definition) is 2. The van der Waals surface area contributed by atoms with E-state index in [4.69, 9.17) is 0 Å². The van der Waals surface area contributed by atoms with Crippen molar-refractivity contribution >= 4 is 11.8 Å². The van der Waals surface area contributed by atoms with Gasteiger partial charge in [-0.2, -0.15) is 0 Å². The molecular weight excluding hydrogens is 276 g/mol. The van der Waals surface area contributed by atoms with Crippen LogP contribution in [-0.4, -0.2) is 36.9 Å². The molecule has 1 fully saturated rings. The summed E-state index contributed by atoms with van der Waals surface area (Å²) in [5.41, 5.74) is 2.34. The third-order valence-electron chi connectivity index (χ3n) is 4.28. The van der Waals surface area contributed by atoms with E-state index in [2.05, 4.69) is 31.3 Å². The van der Waals surface area contributed by atoms with Crippen molar-refractivity contribution in [2.75, 3.05) is 20.1 Å². The highest BCUT2D eigenvalue weighted by Gasteiger charge is 2.36. The van der Waals surface area contributed by atoms with Crippen molar-refractivity contribution in [2.24, 2.45) is 11.8 Å². The van der Waals surface area contributed by atoms with Crippen LogP contribution in [0.5, 0.6) is 0 Å². The number of rotatable bonds is 5. The van der Waals surface area contributed by atoms with Crippen LogP contribution in [0.2, 0.25) is 0 Å². The summed E-state index contributed by atoms with van der Waals surface area (Å²) in [6.07, 6.45) is 1.03. The van der Waals surface area contributed by atoms with Crippen molar-refractivity contribution in [1.82, 2.24) is 10.2 Å². The summed E-state index contributed by atoms with van der Waals surface area (Å²) in [6, 6.07) is 8.30. The number of benzene rings is 1. The third-order valence-corrected chi connectivity index (χ3v) is 4.28. The number of carbonyl (C=O) groups excluding carboxylic acids is 2. The second-order valence-corrected chi connectivity index (χ2v) is 6.62. The summed E-state index contributed by atoms with van der Waals surface area (Å²) in [7, 11) is 1.63. The largest absolute Gasteiger partial charge is 0.359 e. The van der Waals surface area contributed by atoms with Crippen LogP contribution in [0.25, 0.3) is 0 Å². The van der Waals surface area contributed by atoms with Crippen molar-refractivity contribution in [3.8, 4) is 0 Å². The molecule has 1 heterocycles. The molecule has 22 heavy (non-hydrogen) atoms. The van der Waals surface area contributed by atoms with Gasteiger partial charge in [0.25, 0.3) is 0 Å². The van der Waals surface area contributed by atoms with Crippen LogP contribution in [0.1, 0.15) is 37.8 Å². The zero-order valence-electron chi connectivity index (χ0n) is 13.9. The first-order valence-corrected chi connectivity index (χ1v) is 8.01. The first kappa shape index (κ1) is 16.5. The highest BCUT2D eigenvalue weighted by atomic mass is 16.2. The van der Waals surface area contributed by atoms with Crippen LogP contribution in [0.15, 0.2) is 24.3 Å². The maximum Gasteiger partial charge on any atom is 0.229 e. The molecule has 0 bridgehead atoms. The fourth-order valence-electron chi connectivity index (χ4n) is 2.91. The highest BCUT2D eigenvalue weighted by molar-refractivity contribution is 5.87. The fourth-order valence-corrected chi connectivity index (χ4v) is 2.91. The molecule has 0 aliphatic carbocycles. The van der Waals surface area contributed by atoms with Gasteiger partial charge in [0.15, 0.2) is 0 Å². The molecule has 2 rings (SSSR count). The maximum atomic E-state index is 12.5. The minimum Gasteiger partial charge on any atom is -0.359 e. The Balaban J connectivity index is 1.98. The van der Waals surface area contributed by atoms with Gasteiger partial charge in [0.2, 0.25) is 11.8 Å². The quantitative estimate of drug-likeness (QED) is 0.906. The van der Waals surface area contributed by atoms with Crippen LogP contribution in [0.3, 0.4) is 0 Å². The van der Waals surface area contributed by atoms with Crippen LogP contribution in [-0.2, 0) is 16.0 Å². The molecule has 4 nitrogen and oxygen atoms in total. The van der Waals surface area contributed by atoms with Gasteiger partial charge < -0.3 is 10.2 Å². The smallest absolute Gasteiger partial charge is 0.229 e. The third kappa shape index (κ3) is 3.67. The lowest BCUT2D eigenvalue weighted by Gasteiger charge is -2.39. The predicted molar refractivity (Wildman–Crippen MR) is 87.5 cm³/mol. The topological polar surface area (TPSA) is 49.4 Å². The lowest BCUT2D eigenvalue weighted by Crippen LogP contribution is -2.56. The lowest BCUT2D eigenvalue weighted by molar-refractivity contribution is -0.143. The SMILES string of the molecule is CNC(=O)C1CN(C(=O)C(C)c2cccc(CC(C)C)c2)C1. The monoisotopic (exact) mass is 302 g/mol. The Morgan fingerprint density at radius 1 is 1.27 bits per heavy atom. The van der Waals surface area contributed by atoms with Gasteiger partial charge in [-0.05, 0) is 30.4 Å². The van der Waals surface area contributed by atoms with Crippen LogP contribution >= 0.6 is 0 Å². The Labute approximate surface area is 132 Å². The molecule has 1 saturated heterocycles. The van der Waals surface area contributed by atoms with Crippen molar-refractivity contribution < 1.29 is 9.59 Å². The Morgan fingerprint density at radius 3 is 2.55 bits per heavy atom. The molecule has 0 aromatic heterocycles. The van der Waals surface area contributed by atoms with Crippen LogP contribution < -0.4 is 5.32 Å². The van der Waals surface area contributed by atoms with Crippen LogP contribution in [0, 0.1) is 11.8 Å². The minimum absolute atomic E-state index is 0.0237. The summed E-state index contributed by atoms with van der Waals surface area (Å²) < 4.78 is 0. The molecule has 0 spiro atoms. The van der Waals surface area contributed by atoms with E-state index < -0.39 is 0 Å². The molecular formula is C18H26N2O2. The Kier molecular flexibility index (Phi) is 5.22. The van der Waals surface area contributed by atoms with Gasteiger partial charge in [0.1, 0.15) is 0 Å². The van der Waals surface area contributed by atoms with Gasteiger partial charge in [-0.1, -0.05) is 38.1 Å². The summed E-state index contributed by atoms with van der Waals surface area (Å²) in [6.45, 7) is 7.41. The molecule has 1 aromatic rings. The first-order valence-electron chi connectivity index (χ1n) is 8.01. The molecule has 1 N–H and O–H groups in total. The van der Waals surface area contributed by atoms with Crippen molar-refractivity contribution in [3.63, 3.8) is 0 Å². The number of nitrogens with one attached hydrogen (secondary N) is 1. The van der Waals surface area contributed by atoms with E-state index in [-0.39, 0.29) is 23.7 Å². The van der Waals surface area contributed by atoms with E-state index >= 15 is 0 Å². The summed E-state index contributed by atoms with van der Waals surface area (Å²) in [5, 5.41) is 2.64. The van der Waals surface area contributed by atoms with Gasteiger partial charge in [-0.15, -0.1) is 0 Å². The normalized spacial score (nSPS) is 16.3. The highest BCUT2D eigenvalue weighted by Crippen LogP contribution is 2.25. The van der Waals surface area contributed by atoms with Crippen LogP contribution in [0.4, 0.5) is 0 Å². The van der Waals surface area contributed by atoms with Gasteiger partial charge in [0, 0.05) is 20.1 Å². The van der Waals surface area contributed by atoms with E-state index in [1.54, 1.807) is 11.9 Å². The first-order chi connectivity index (χ1) is 10.4. The molecule has 120 valence electrons. The standard InChI is InChI=1S/C18H26N2O2/c1-12(2)8-14-6-5-7-15(9-14)13(3)18(22)20-10-16(11-20)17(21)19-4/h5-7,9,12-13,16H,8,10-11H2,1-4H3,(H,19,21). The van der Waals surface area contributed by atoms with E-state index in [9.17, 15) is 9.59 Å². The second-order valence-electron chi connectivity index (χ2n) is 6.62. The molecule has 2 amide bonds. The number of amides is 2. The van der Waals surface area contributed by atoms with E-state index in [0.29, 0.717) is 19.0 Å². The molecule has 1 aromatic carbocycles. The molecule has 1 aliphatic heterocycles. The van der Waals surface area contributed by atoms with E-state index in [1.165, 1.54) is 5.56 Å². The number of nitrogens with zero attached hydrogens (tertiary/aromatic N) is 1. The van der Waals surface area contributed by atoms with Gasteiger partial charge in [-0.3, -0.25) is 9.59 Å².